The van der Waals surface area contributed by atoms with Crippen LogP contribution in [0.1, 0.15) is 30.5 Å². The molecule has 126 valence electrons. The summed E-state index contributed by atoms with van der Waals surface area (Å²) in [6.45, 7) is 8.46. The van der Waals surface area contributed by atoms with E-state index in [4.69, 9.17) is 4.74 Å². The standard InChI is InChI=1S/C19H26N2O.ClH/c1-3-13-22-15-19-17(14-21-11-7-4-8-12-21)16-9-5-6-10-18(16)20(19)2;/h3,5-6,9-10H,1,4,7-8,11-15H2,2H3;1H. The summed E-state index contributed by atoms with van der Waals surface area (Å²) in [5, 5.41) is 1.37. The average Bonchev–Trinajstić information content (AvgIpc) is 2.82. The van der Waals surface area contributed by atoms with Gasteiger partial charge in [-0.3, -0.25) is 4.90 Å². The molecule has 2 aromatic rings. The Labute approximate surface area is 145 Å². The van der Waals surface area contributed by atoms with Crippen LogP contribution in [0.5, 0.6) is 0 Å². The zero-order chi connectivity index (χ0) is 15.4. The Kier molecular flexibility index (Phi) is 6.70. The Balaban J connectivity index is 0.00000192. The zero-order valence-electron chi connectivity index (χ0n) is 14.0. The highest BCUT2D eigenvalue weighted by atomic mass is 35.5. The summed E-state index contributed by atoms with van der Waals surface area (Å²) in [5.74, 6) is 0. The van der Waals surface area contributed by atoms with E-state index in [0.717, 1.165) is 6.54 Å². The third-order valence-electron chi connectivity index (χ3n) is 4.65. The Bertz CT molecular complexity index is 644. The average molecular weight is 335 g/mol. The number of rotatable bonds is 6. The molecule has 0 unspecified atom stereocenters. The van der Waals surface area contributed by atoms with Crippen molar-refractivity contribution in [2.75, 3.05) is 19.7 Å². The topological polar surface area (TPSA) is 17.4 Å². The summed E-state index contributed by atoms with van der Waals surface area (Å²) < 4.78 is 8.04. The molecule has 0 amide bonds. The maximum absolute atomic E-state index is 5.75. The van der Waals surface area contributed by atoms with E-state index in [-0.39, 0.29) is 12.4 Å². The fourth-order valence-corrected chi connectivity index (χ4v) is 3.47. The molecule has 3 nitrogen and oxygen atoms in total. The van der Waals surface area contributed by atoms with E-state index in [1.165, 1.54) is 54.5 Å². The minimum absolute atomic E-state index is 0. The third-order valence-corrected chi connectivity index (χ3v) is 4.65. The van der Waals surface area contributed by atoms with Crippen LogP contribution in [0, 0.1) is 0 Å². The molecule has 0 aliphatic carbocycles. The van der Waals surface area contributed by atoms with Gasteiger partial charge in [-0.05, 0) is 37.6 Å². The molecule has 1 fully saturated rings. The van der Waals surface area contributed by atoms with Crippen molar-refractivity contribution in [2.45, 2.75) is 32.4 Å². The molecule has 0 N–H and O–H groups in total. The summed E-state index contributed by atoms with van der Waals surface area (Å²) in [7, 11) is 2.15. The molecule has 1 aliphatic rings. The van der Waals surface area contributed by atoms with E-state index >= 15 is 0 Å². The van der Waals surface area contributed by atoms with Gasteiger partial charge in [0.2, 0.25) is 0 Å². The number of para-hydroxylation sites is 1. The summed E-state index contributed by atoms with van der Waals surface area (Å²) >= 11 is 0. The molecular formula is C19H27ClN2O. The van der Waals surface area contributed by atoms with Crippen LogP contribution in [-0.2, 0) is 24.9 Å². The molecule has 1 aromatic heterocycles. The quantitative estimate of drug-likeness (QED) is 0.579. The van der Waals surface area contributed by atoms with Crippen LogP contribution in [-0.4, -0.2) is 29.2 Å². The number of aromatic nitrogens is 1. The molecule has 23 heavy (non-hydrogen) atoms. The van der Waals surface area contributed by atoms with Crippen molar-refractivity contribution >= 4 is 23.3 Å². The number of nitrogens with zero attached hydrogens (tertiary/aromatic N) is 2. The first-order valence-corrected chi connectivity index (χ1v) is 8.27. The van der Waals surface area contributed by atoms with Crippen molar-refractivity contribution in [3.05, 3.63) is 48.2 Å². The first kappa shape index (κ1) is 18.1. The van der Waals surface area contributed by atoms with Crippen molar-refractivity contribution < 1.29 is 4.74 Å². The number of benzene rings is 1. The second kappa shape index (κ2) is 8.53. The van der Waals surface area contributed by atoms with Gasteiger partial charge < -0.3 is 9.30 Å². The molecule has 2 heterocycles. The minimum Gasteiger partial charge on any atom is -0.371 e. The molecule has 3 rings (SSSR count). The highest BCUT2D eigenvalue weighted by Crippen LogP contribution is 2.28. The van der Waals surface area contributed by atoms with Crippen LogP contribution in [0.2, 0.25) is 0 Å². The zero-order valence-corrected chi connectivity index (χ0v) is 14.8. The molecule has 0 bridgehead atoms. The van der Waals surface area contributed by atoms with Gasteiger partial charge in [-0.2, -0.15) is 0 Å². The molecule has 0 atom stereocenters. The lowest BCUT2D eigenvalue weighted by atomic mass is 10.1. The van der Waals surface area contributed by atoms with E-state index in [1.54, 1.807) is 0 Å². The van der Waals surface area contributed by atoms with Gasteiger partial charge in [-0.25, -0.2) is 0 Å². The van der Waals surface area contributed by atoms with Gasteiger partial charge in [0.05, 0.1) is 13.2 Å². The lowest BCUT2D eigenvalue weighted by Gasteiger charge is -2.26. The number of hydrogen-bond acceptors (Lipinski definition) is 2. The SMILES string of the molecule is C=CCOCc1c(CN2CCCCC2)c2ccccc2n1C.Cl. The molecular weight excluding hydrogens is 308 g/mol. The number of fused-ring (bicyclic) bond motifs is 1. The van der Waals surface area contributed by atoms with Gasteiger partial charge in [0.1, 0.15) is 0 Å². The van der Waals surface area contributed by atoms with Gasteiger partial charge in [0.15, 0.2) is 0 Å². The van der Waals surface area contributed by atoms with Crippen molar-refractivity contribution in [2.24, 2.45) is 7.05 Å². The second-order valence-corrected chi connectivity index (χ2v) is 6.14. The monoisotopic (exact) mass is 334 g/mol. The number of ether oxygens (including phenoxy) is 1. The van der Waals surface area contributed by atoms with Crippen LogP contribution in [0.15, 0.2) is 36.9 Å². The van der Waals surface area contributed by atoms with Gasteiger partial charge in [0.25, 0.3) is 0 Å². The number of halogens is 1. The Morgan fingerprint density at radius 1 is 1.17 bits per heavy atom. The van der Waals surface area contributed by atoms with E-state index in [9.17, 15) is 0 Å². The number of hydrogen-bond donors (Lipinski definition) is 0. The number of aryl methyl sites for hydroxylation is 1. The van der Waals surface area contributed by atoms with E-state index in [1.807, 2.05) is 6.08 Å². The predicted octanol–water partition coefficient (Wildman–Crippen LogP) is 4.29. The van der Waals surface area contributed by atoms with E-state index < -0.39 is 0 Å². The number of likely N-dealkylation sites (tertiary alicyclic amines) is 1. The van der Waals surface area contributed by atoms with Crippen LogP contribution in [0.25, 0.3) is 10.9 Å². The highest BCUT2D eigenvalue weighted by Gasteiger charge is 2.18. The summed E-state index contributed by atoms with van der Waals surface area (Å²) in [4.78, 5) is 2.59. The fourth-order valence-electron chi connectivity index (χ4n) is 3.47. The van der Waals surface area contributed by atoms with Crippen molar-refractivity contribution in [3.63, 3.8) is 0 Å². The van der Waals surface area contributed by atoms with Crippen LogP contribution in [0.4, 0.5) is 0 Å². The third kappa shape index (κ3) is 3.97. The highest BCUT2D eigenvalue weighted by molar-refractivity contribution is 5.85. The van der Waals surface area contributed by atoms with Crippen LogP contribution in [0.3, 0.4) is 0 Å². The molecule has 1 aliphatic heterocycles. The molecule has 4 heteroatoms. The second-order valence-electron chi connectivity index (χ2n) is 6.14. The Hall–Kier alpha value is -1.29. The van der Waals surface area contributed by atoms with Crippen LogP contribution < -0.4 is 0 Å². The fraction of sp³-hybridized carbons (Fsp3) is 0.474. The first-order valence-electron chi connectivity index (χ1n) is 8.27. The van der Waals surface area contributed by atoms with Crippen molar-refractivity contribution in [3.8, 4) is 0 Å². The van der Waals surface area contributed by atoms with Gasteiger partial charge in [-0.15, -0.1) is 19.0 Å². The van der Waals surface area contributed by atoms with Gasteiger partial charge in [0, 0.05) is 30.2 Å². The Morgan fingerprint density at radius 2 is 1.91 bits per heavy atom. The number of piperidine rings is 1. The van der Waals surface area contributed by atoms with Crippen molar-refractivity contribution in [1.29, 1.82) is 0 Å². The van der Waals surface area contributed by atoms with Gasteiger partial charge in [-0.1, -0.05) is 30.7 Å². The normalized spacial score (nSPS) is 15.5. The van der Waals surface area contributed by atoms with Crippen LogP contribution >= 0.6 is 12.4 Å². The maximum Gasteiger partial charge on any atom is 0.0875 e. The first-order chi connectivity index (χ1) is 10.8. The molecule has 0 saturated carbocycles. The maximum atomic E-state index is 5.75. The summed E-state index contributed by atoms with van der Waals surface area (Å²) in [6, 6.07) is 8.69. The van der Waals surface area contributed by atoms with E-state index in [0.29, 0.717) is 13.2 Å². The lowest BCUT2D eigenvalue weighted by Crippen LogP contribution is -2.29. The van der Waals surface area contributed by atoms with E-state index in [2.05, 4.69) is 47.4 Å². The smallest absolute Gasteiger partial charge is 0.0875 e. The largest absolute Gasteiger partial charge is 0.371 e. The summed E-state index contributed by atoms with van der Waals surface area (Å²) in [6.07, 6.45) is 5.84. The summed E-state index contributed by atoms with van der Waals surface area (Å²) in [5.41, 5.74) is 4.03. The predicted molar refractivity (Wildman–Crippen MR) is 99.1 cm³/mol. The minimum atomic E-state index is 0. The Morgan fingerprint density at radius 3 is 2.65 bits per heavy atom. The van der Waals surface area contributed by atoms with Crippen molar-refractivity contribution in [1.82, 2.24) is 9.47 Å². The van der Waals surface area contributed by atoms with Gasteiger partial charge >= 0.3 is 0 Å². The molecule has 0 spiro atoms. The molecule has 1 aromatic carbocycles. The molecule has 0 radical (unpaired) electrons. The lowest BCUT2D eigenvalue weighted by molar-refractivity contribution is 0.141. The molecule has 1 saturated heterocycles.